The maximum Gasteiger partial charge on any atom is 0.262 e. The van der Waals surface area contributed by atoms with Crippen LogP contribution in [-0.4, -0.2) is 47.3 Å². The average Bonchev–Trinajstić information content (AvgIpc) is 3.28. The van der Waals surface area contributed by atoms with Crippen molar-refractivity contribution >= 4 is 33.3 Å². The highest BCUT2D eigenvalue weighted by molar-refractivity contribution is 7.90. The molecule has 1 aliphatic rings. The molecule has 0 fully saturated rings. The number of imide groups is 1. The van der Waals surface area contributed by atoms with Gasteiger partial charge in [-0.15, -0.1) is 0 Å². The van der Waals surface area contributed by atoms with Crippen molar-refractivity contribution in [2.24, 2.45) is 0 Å². The number of aromatic nitrogens is 2. The highest BCUT2D eigenvalue weighted by atomic mass is 35.5. The van der Waals surface area contributed by atoms with E-state index in [0.29, 0.717) is 10.6 Å². The fourth-order valence-electron chi connectivity index (χ4n) is 3.27. The van der Waals surface area contributed by atoms with E-state index in [1.165, 1.54) is 0 Å². The Bertz CT molecular complexity index is 1200. The number of carbonyl (C=O) groups is 2. The van der Waals surface area contributed by atoms with E-state index < -0.39 is 27.7 Å². The smallest absolute Gasteiger partial charge is 0.262 e. The molecule has 30 heavy (non-hydrogen) atoms. The van der Waals surface area contributed by atoms with Crippen LogP contribution in [0, 0.1) is 0 Å². The molecule has 0 bridgehead atoms. The van der Waals surface area contributed by atoms with E-state index in [-0.39, 0.29) is 35.0 Å². The fourth-order valence-corrected chi connectivity index (χ4v) is 4.04. The largest absolute Gasteiger partial charge is 0.337 e. The number of nitrogens with zero attached hydrogens (tertiary/aromatic N) is 3. The summed E-state index contributed by atoms with van der Waals surface area (Å²) >= 11 is 5.90. The van der Waals surface area contributed by atoms with Crippen molar-refractivity contribution in [1.29, 1.82) is 0 Å². The molecule has 10 heteroatoms. The molecule has 0 aliphatic carbocycles. The van der Waals surface area contributed by atoms with Gasteiger partial charge in [-0.2, -0.15) is 4.98 Å². The lowest BCUT2D eigenvalue weighted by molar-refractivity contribution is 0.0547. The lowest BCUT2D eigenvalue weighted by Gasteiger charge is -2.22. The molecule has 2 heterocycles. The van der Waals surface area contributed by atoms with Crippen LogP contribution < -0.4 is 0 Å². The molecule has 1 aromatic heterocycles. The van der Waals surface area contributed by atoms with Crippen molar-refractivity contribution in [2.45, 2.75) is 12.5 Å². The van der Waals surface area contributed by atoms with Crippen LogP contribution in [0.1, 0.15) is 39.1 Å². The predicted octanol–water partition coefficient (Wildman–Crippen LogP) is 3.16. The molecule has 4 rings (SSSR count). The van der Waals surface area contributed by atoms with Crippen molar-refractivity contribution in [2.75, 3.05) is 12.0 Å². The van der Waals surface area contributed by atoms with Crippen molar-refractivity contribution in [3.8, 4) is 11.4 Å². The third kappa shape index (κ3) is 3.86. The summed E-state index contributed by atoms with van der Waals surface area (Å²) in [6, 6.07) is 12.1. The van der Waals surface area contributed by atoms with Gasteiger partial charge in [0.2, 0.25) is 11.7 Å². The van der Waals surface area contributed by atoms with E-state index in [1.807, 2.05) is 0 Å². The molecule has 0 spiro atoms. The summed E-state index contributed by atoms with van der Waals surface area (Å²) in [5.74, 6) is -1.09. The Balaban J connectivity index is 1.72. The molecular weight excluding hydrogens is 430 g/mol. The van der Waals surface area contributed by atoms with Crippen LogP contribution in [0.15, 0.2) is 53.1 Å². The predicted molar refractivity (Wildman–Crippen MR) is 109 cm³/mol. The Morgan fingerprint density at radius 3 is 2.20 bits per heavy atom. The number of amides is 2. The summed E-state index contributed by atoms with van der Waals surface area (Å²) in [6.45, 7) is 0. The Morgan fingerprint density at radius 1 is 1.03 bits per heavy atom. The third-order valence-electron chi connectivity index (χ3n) is 4.73. The summed E-state index contributed by atoms with van der Waals surface area (Å²) in [4.78, 5) is 31.1. The number of hydrogen-bond donors (Lipinski definition) is 0. The fraction of sp³-hybridized carbons (Fsp3) is 0.200. The van der Waals surface area contributed by atoms with Gasteiger partial charge in [-0.25, -0.2) is 8.42 Å². The topological polar surface area (TPSA) is 110 Å². The Labute approximate surface area is 177 Å². The van der Waals surface area contributed by atoms with Gasteiger partial charge in [0, 0.05) is 16.8 Å². The number of sulfone groups is 1. The first-order valence-electron chi connectivity index (χ1n) is 8.99. The van der Waals surface area contributed by atoms with E-state index in [1.54, 1.807) is 48.5 Å². The van der Waals surface area contributed by atoms with Gasteiger partial charge in [-0.3, -0.25) is 14.5 Å². The van der Waals surface area contributed by atoms with E-state index >= 15 is 0 Å². The Morgan fingerprint density at radius 2 is 1.63 bits per heavy atom. The second kappa shape index (κ2) is 7.66. The number of benzene rings is 2. The second-order valence-electron chi connectivity index (χ2n) is 6.92. The highest BCUT2D eigenvalue weighted by Crippen LogP contribution is 2.34. The standard InChI is InChI=1S/C20H16ClN3O5S/c1-30(27,28)11-10-16(24-19(25)14-4-2-3-5-15(14)20(24)26)18-22-17(23-29-18)12-6-8-13(21)9-7-12/h2-9,16H,10-11H2,1H3/t16-/m1/s1. The van der Waals surface area contributed by atoms with Gasteiger partial charge in [0.25, 0.3) is 11.8 Å². The van der Waals surface area contributed by atoms with Gasteiger partial charge >= 0.3 is 0 Å². The molecule has 3 aromatic rings. The minimum absolute atomic E-state index is 0.0156. The summed E-state index contributed by atoms with van der Waals surface area (Å²) < 4.78 is 28.9. The third-order valence-corrected chi connectivity index (χ3v) is 5.96. The van der Waals surface area contributed by atoms with Crippen molar-refractivity contribution in [3.63, 3.8) is 0 Å². The SMILES string of the molecule is CS(=O)(=O)CC[C@H](c1nc(-c2ccc(Cl)cc2)no1)N1C(=O)c2ccccc2C1=O. The molecular formula is C20H16ClN3O5S. The zero-order valence-electron chi connectivity index (χ0n) is 15.8. The molecule has 1 aliphatic heterocycles. The zero-order chi connectivity index (χ0) is 21.5. The normalized spacial score (nSPS) is 14.8. The Hall–Kier alpha value is -3.04. The summed E-state index contributed by atoms with van der Waals surface area (Å²) in [5.41, 5.74) is 1.13. The number of carbonyl (C=O) groups excluding carboxylic acids is 2. The number of halogens is 1. The highest BCUT2D eigenvalue weighted by Gasteiger charge is 2.42. The van der Waals surface area contributed by atoms with Gasteiger partial charge in [-0.05, 0) is 42.8 Å². The van der Waals surface area contributed by atoms with Crippen LogP contribution in [0.5, 0.6) is 0 Å². The quantitative estimate of drug-likeness (QED) is 0.536. The first-order chi connectivity index (χ1) is 14.2. The molecule has 0 radical (unpaired) electrons. The number of fused-ring (bicyclic) bond motifs is 1. The minimum atomic E-state index is -3.36. The number of hydrogen-bond acceptors (Lipinski definition) is 7. The molecule has 2 amide bonds. The van der Waals surface area contributed by atoms with Crippen LogP contribution in [-0.2, 0) is 9.84 Å². The monoisotopic (exact) mass is 445 g/mol. The van der Waals surface area contributed by atoms with Crippen molar-refractivity contribution in [3.05, 3.63) is 70.6 Å². The summed E-state index contributed by atoms with van der Waals surface area (Å²) in [5, 5.41) is 4.47. The van der Waals surface area contributed by atoms with Crippen LogP contribution in [0.4, 0.5) is 0 Å². The molecule has 0 N–H and O–H groups in total. The molecule has 1 atom stereocenters. The van der Waals surface area contributed by atoms with E-state index in [2.05, 4.69) is 10.1 Å². The molecule has 2 aromatic carbocycles. The van der Waals surface area contributed by atoms with Crippen LogP contribution in [0.2, 0.25) is 5.02 Å². The van der Waals surface area contributed by atoms with Crippen LogP contribution in [0.25, 0.3) is 11.4 Å². The Kier molecular flexibility index (Phi) is 5.17. The molecule has 0 saturated carbocycles. The maximum atomic E-state index is 12.9. The van der Waals surface area contributed by atoms with E-state index in [4.69, 9.17) is 16.1 Å². The van der Waals surface area contributed by atoms with E-state index in [9.17, 15) is 18.0 Å². The molecule has 8 nitrogen and oxygen atoms in total. The molecule has 0 saturated heterocycles. The van der Waals surface area contributed by atoms with Crippen molar-refractivity contribution < 1.29 is 22.5 Å². The summed E-state index contributed by atoms with van der Waals surface area (Å²) in [6.07, 6.45) is 1.02. The average molecular weight is 446 g/mol. The van der Waals surface area contributed by atoms with Gasteiger partial charge < -0.3 is 4.52 Å². The zero-order valence-corrected chi connectivity index (χ0v) is 17.4. The number of rotatable bonds is 6. The van der Waals surface area contributed by atoms with Crippen molar-refractivity contribution in [1.82, 2.24) is 15.0 Å². The molecule has 154 valence electrons. The van der Waals surface area contributed by atoms with Crippen LogP contribution >= 0.6 is 11.6 Å². The lowest BCUT2D eigenvalue weighted by Crippen LogP contribution is -2.35. The van der Waals surface area contributed by atoms with Crippen LogP contribution in [0.3, 0.4) is 0 Å². The minimum Gasteiger partial charge on any atom is -0.337 e. The van der Waals surface area contributed by atoms with Gasteiger partial charge in [0.1, 0.15) is 15.9 Å². The molecule has 0 unspecified atom stereocenters. The first-order valence-corrected chi connectivity index (χ1v) is 11.4. The maximum absolute atomic E-state index is 12.9. The lowest BCUT2D eigenvalue weighted by atomic mass is 10.1. The van der Waals surface area contributed by atoms with Gasteiger partial charge in [0.15, 0.2) is 0 Å². The van der Waals surface area contributed by atoms with Gasteiger partial charge in [-0.1, -0.05) is 28.9 Å². The van der Waals surface area contributed by atoms with Gasteiger partial charge in [0.05, 0.1) is 16.9 Å². The second-order valence-corrected chi connectivity index (χ2v) is 9.62. The van der Waals surface area contributed by atoms with E-state index in [0.717, 1.165) is 11.2 Å². The first kappa shape index (κ1) is 20.2. The summed E-state index contributed by atoms with van der Waals surface area (Å²) in [7, 11) is -3.36.